The van der Waals surface area contributed by atoms with Crippen LogP contribution >= 0.6 is 0 Å². The second-order valence-electron chi connectivity index (χ2n) is 8.52. The van der Waals surface area contributed by atoms with Crippen molar-refractivity contribution in [3.63, 3.8) is 0 Å². The van der Waals surface area contributed by atoms with Crippen molar-refractivity contribution in [2.75, 3.05) is 7.05 Å². The van der Waals surface area contributed by atoms with Crippen LogP contribution in [0.4, 0.5) is 0 Å². The third-order valence-corrected chi connectivity index (χ3v) is 6.40. The third kappa shape index (κ3) is 3.24. The lowest BCUT2D eigenvalue weighted by Gasteiger charge is -2.28. The van der Waals surface area contributed by atoms with Gasteiger partial charge < -0.3 is 4.90 Å². The summed E-state index contributed by atoms with van der Waals surface area (Å²) in [6.07, 6.45) is 4.94. The van der Waals surface area contributed by atoms with Crippen LogP contribution in [-0.2, 0) is 6.54 Å². The van der Waals surface area contributed by atoms with E-state index in [4.69, 9.17) is 0 Å². The van der Waals surface area contributed by atoms with Gasteiger partial charge in [-0.15, -0.1) is 0 Å². The highest BCUT2D eigenvalue weighted by atomic mass is 16.2. The largest absolute Gasteiger partial charge is 0.338 e. The topological polar surface area (TPSA) is 57.7 Å². The minimum Gasteiger partial charge on any atom is -0.338 e. The Morgan fingerprint density at radius 3 is 1.93 bits per heavy atom. The van der Waals surface area contributed by atoms with Gasteiger partial charge >= 0.3 is 0 Å². The molecule has 0 saturated heterocycles. The molecule has 2 aromatic carbocycles. The summed E-state index contributed by atoms with van der Waals surface area (Å²) in [5.41, 5.74) is 2.40. The number of imide groups is 1. The van der Waals surface area contributed by atoms with Crippen LogP contribution in [-0.4, -0.2) is 40.6 Å². The number of hydrogen-bond donors (Lipinski definition) is 0. The van der Waals surface area contributed by atoms with E-state index in [1.165, 1.54) is 30.6 Å². The summed E-state index contributed by atoms with van der Waals surface area (Å²) in [6.45, 7) is 0.212. The second kappa shape index (κ2) is 6.83. The number of benzene rings is 2. The van der Waals surface area contributed by atoms with E-state index in [0.29, 0.717) is 34.6 Å². The minimum absolute atomic E-state index is 0.0566. The Kier molecular flexibility index (Phi) is 4.26. The Balaban J connectivity index is 1.29. The molecular weight excluding hydrogens is 364 g/mol. The van der Waals surface area contributed by atoms with E-state index in [2.05, 4.69) is 0 Å². The molecule has 0 atom stereocenters. The standard InChI is InChI=1S/C24H24N2O3/c1-25(21(16-10-11-16)17-12-13-17)22(27)18-8-6-15(7-9-18)14-26-23(28)19-4-2-3-5-20(19)24(26)29/h2-9,16-17,21H,10-14H2,1H3. The van der Waals surface area contributed by atoms with Crippen molar-refractivity contribution in [2.45, 2.75) is 38.3 Å². The Morgan fingerprint density at radius 1 is 0.931 bits per heavy atom. The van der Waals surface area contributed by atoms with E-state index in [0.717, 1.165) is 5.56 Å². The molecule has 2 aliphatic carbocycles. The fraction of sp³-hybridized carbons (Fsp3) is 0.375. The number of fused-ring (bicyclic) bond motifs is 1. The molecule has 0 unspecified atom stereocenters. The molecular formula is C24H24N2O3. The zero-order valence-electron chi connectivity index (χ0n) is 16.5. The molecule has 1 heterocycles. The van der Waals surface area contributed by atoms with Crippen LogP contribution in [0.15, 0.2) is 48.5 Å². The first-order chi connectivity index (χ1) is 14.0. The van der Waals surface area contributed by atoms with E-state index in [-0.39, 0.29) is 24.3 Å². The SMILES string of the molecule is CN(C(=O)c1ccc(CN2C(=O)c3ccccc3C2=O)cc1)C(C1CC1)C1CC1. The van der Waals surface area contributed by atoms with Crippen LogP contribution in [0.25, 0.3) is 0 Å². The molecule has 0 bridgehead atoms. The lowest BCUT2D eigenvalue weighted by molar-refractivity contribution is 0.0639. The average Bonchev–Trinajstić information content (AvgIpc) is 3.67. The lowest BCUT2D eigenvalue weighted by atomic mass is 10.0. The summed E-state index contributed by atoms with van der Waals surface area (Å²) < 4.78 is 0. The first kappa shape index (κ1) is 18.1. The maximum absolute atomic E-state index is 13.0. The van der Waals surface area contributed by atoms with Gasteiger partial charge in [0.1, 0.15) is 0 Å². The van der Waals surface area contributed by atoms with Gasteiger partial charge in [-0.05, 0) is 67.3 Å². The van der Waals surface area contributed by atoms with Crippen molar-refractivity contribution in [3.8, 4) is 0 Å². The number of carbonyl (C=O) groups is 3. The molecule has 1 aliphatic heterocycles. The van der Waals surface area contributed by atoms with Gasteiger partial charge in [-0.1, -0.05) is 24.3 Å². The monoisotopic (exact) mass is 388 g/mol. The molecule has 0 spiro atoms. The predicted molar refractivity (Wildman–Crippen MR) is 108 cm³/mol. The predicted octanol–water partition coefficient (Wildman–Crippen LogP) is 3.74. The number of carbonyl (C=O) groups excluding carboxylic acids is 3. The normalized spacial score (nSPS) is 18.3. The lowest BCUT2D eigenvalue weighted by Crippen LogP contribution is -2.40. The quantitative estimate of drug-likeness (QED) is 0.709. The van der Waals surface area contributed by atoms with Gasteiger partial charge in [-0.25, -0.2) is 0 Å². The molecule has 2 aromatic rings. The van der Waals surface area contributed by atoms with Crippen LogP contribution in [0.1, 0.15) is 62.3 Å². The van der Waals surface area contributed by atoms with Crippen molar-refractivity contribution < 1.29 is 14.4 Å². The van der Waals surface area contributed by atoms with Crippen molar-refractivity contribution in [3.05, 3.63) is 70.8 Å². The third-order valence-electron chi connectivity index (χ3n) is 6.40. The van der Waals surface area contributed by atoms with Crippen LogP contribution < -0.4 is 0 Å². The number of amides is 3. The van der Waals surface area contributed by atoms with Gasteiger partial charge in [0.2, 0.25) is 0 Å². The van der Waals surface area contributed by atoms with Crippen LogP contribution in [0.5, 0.6) is 0 Å². The van der Waals surface area contributed by atoms with Crippen LogP contribution in [0.3, 0.4) is 0 Å². The molecule has 5 heteroatoms. The van der Waals surface area contributed by atoms with Gasteiger partial charge in [0.15, 0.2) is 0 Å². The summed E-state index contributed by atoms with van der Waals surface area (Å²) in [6, 6.07) is 14.6. The molecule has 3 aliphatic rings. The second-order valence-corrected chi connectivity index (χ2v) is 8.52. The first-order valence-corrected chi connectivity index (χ1v) is 10.4. The molecule has 2 saturated carbocycles. The summed E-state index contributed by atoms with van der Waals surface area (Å²) in [5.74, 6) is 0.875. The van der Waals surface area contributed by atoms with E-state index in [1.807, 2.05) is 36.2 Å². The maximum Gasteiger partial charge on any atom is 0.261 e. The molecule has 0 aromatic heterocycles. The molecule has 29 heavy (non-hydrogen) atoms. The molecule has 0 N–H and O–H groups in total. The first-order valence-electron chi connectivity index (χ1n) is 10.4. The highest BCUT2D eigenvalue weighted by Gasteiger charge is 2.45. The molecule has 5 rings (SSSR count). The van der Waals surface area contributed by atoms with Crippen molar-refractivity contribution in [1.82, 2.24) is 9.80 Å². The Hall–Kier alpha value is -2.95. The number of hydrogen-bond acceptors (Lipinski definition) is 3. The highest BCUT2D eigenvalue weighted by molar-refractivity contribution is 6.21. The van der Waals surface area contributed by atoms with E-state index in [1.54, 1.807) is 24.3 Å². The van der Waals surface area contributed by atoms with Gasteiger partial charge in [-0.2, -0.15) is 0 Å². The van der Waals surface area contributed by atoms with Gasteiger partial charge in [0.05, 0.1) is 17.7 Å². The Bertz CT molecular complexity index is 942. The van der Waals surface area contributed by atoms with Crippen molar-refractivity contribution in [1.29, 1.82) is 0 Å². The number of rotatable bonds is 6. The van der Waals surface area contributed by atoms with E-state index >= 15 is 0 Å². The zero-order valence-corrected chi connectivity index (χ0v) is 16.5. The Labute approximate surface area is 170 Å². The van der Waals surface area contributed by atoms with E-state index < -0.39 is 0 Å². The fourth-order valence-corrected chi connectivity index (χ4v) is 4.55. The molecule has 2 fully saturated rings. The molecule has 148 valence electrons. The zero-order chi connectivity index (χ0) is 20.1. The summed E-state index contributed by atoms with van der Waals surface area (Å²) in [5, 5.41) is 0. The molecule has 3 amide bonds. The smallest absolute Gasteiger partial charge is 0.261 e. The number of nitrogens with zero attached hydrogens (tertiary/aromatic N) is 2. The molecule has 5 nitrogen and oxygen atoms in total. The van der Waals surface area contributed by atoms with Gasteiger partial charge in [-0.3, -0.25) is 19.3 Å². The van der Waals surface area contributed by atoms with Crippen LogP contribution in [0.2, 0.25) is 0 Å². The van der Waals surface area contributed by atoms with Gasteiger partial charge in [0, 0.05) is 18.7 Å². The van der Waals surface area contributed by atoms with Crippen molar-refractivity contribution >= 4 is 17.7 Å². The van der Waals surface area contributed by atoms with Crippen LogP contribution in [0, 0.1) is 11.8 Å². The highest BCUT2D eigenvalue weighted by Crippen LogP contribution is 2.47. The summed E-state index contributed by atoms with van der Waals surface area (Å²) in [7, 11) is 1.93. The minimum atomic E-state index is -0.262. The summed E-state index contributed by atoms with van der Waals surface area (Å²) in [4.78, 5) is 41.2. The summed E-state index contributed by atoms with van der Waals surface area (Å²) >= 11 is 0. The maximum atomic E-state index is 13.0. The average molecular weight is 388 g/mol. The van der Waals surface area contributed by atoms with E-state index in [9.17, 15) is 14.4 Å². The Morgan fingerprint density at radius 2 is 1.45 bits per heavy atom. The van der Waals surface area contributed by atoms with Gasteiger partial charge in [0.25, 0.3) is 17.7 Å². The fourth-order valence-electron chi connectivity index (χ4n) is 4.55. The molecule has 0 radical (unpaired) electrons. The van der Waals surface area contributed by atoms with Crippen molar-refractivity contribution in [2.24, 2.45) is 11.8 Å².